The third kappa shape index (κ3) is 6.14. The fourth-order valence-corrected chi connectivity index (χ4v) is 1.96. The highest BCUT2D eigenvalue weighted by molar-refractivity contribution is 5.78. The molecule has 0 bridgehead atoms. The number of benzene rings is 1. The molecule has 0 heterocycles. The van der Waals surface area contributed by atoms with Crippen LogP contribution in [0.15, 0.2) is 24.3 Å². The summed E-state index contributed by atoms with van der Waals surface area (Å²) in [5.41, 5.74) is 0.731. The molecule has 0 aliphatic heterocycles. The number of hydrogen-bond donors (Lipinski definition) is 3. The summed E-state index contributed by atoms with van der Waals surface area (Å²) in [7, 11) is 1.80. The Labute approximate surface area is 126 Å². The molecule has 0 radical (unpaired) electrons. The summed E-state index contributed by atoms with van der Waals surface area (Å²) in [4.78, 5) is 11.8. The minimum absolute atomic E-state index is 0.0713. The summed E-state index contributed by atoms with van der Waals surface area (Å²) in [5, 5.41) is 15.9. The lowest BCUT2D eigenvalue weighted by Crippen LogP contribution is -2.36. The van der Waals surface area contributed by atoms with E-state index < -0.39 is 6.10 Å². The van der Waals surface area contributed by atoms with Gasteiger partial charge in [-0.25, -0.2) is 0 Å². The Bertz CT molecular complexity index is 449. The normalized spacial score (nSPS) is 13.8. The third-order valence-corrected chi connectivity index (χ3v) is 3.04. The van der Waals surface area contributed by atoms with Gasteiger partial charge >= 0.3 is 0 Å². The largest absolute Gasteiger partial charge is 0.491 e. The maximum Gasteiger partial charge on any atom is 0.224 e. The van der Waals surface area contributed by atoms with Crippen LogP contribution >= 0.6 is 0 Å². The van der Waals surface area contributed by atoms with E-state index >= 15 is 0 Å². The predicted molar refractivity (Wildman–Crippen MR) is 83.3 cm³/mol. The van der Waals surface area contributed by atoms with Crippen LogP contribution in [0.25, 0.3) is 0 Å². The van der Waals surface area contributed by atoms with Gasteiger partial charge in [0.25, 0.3) is 0 Å². The van der Waals surface area contributed by atoms with Gasteiger partial charge in [0.1, 0.15) is 5.75 Å². The Morgan fingerprint density at radius 1 is 1.29 bits per heavy atom. The van der Waals surface area contributed by atoms with Crippen molar-refractivity contribution in [1.82, 2.24) is 10.6 Å². The van der Waals surface area contributed by atoms with Crippen molar-refractivity contribution in [1.29, 1.82) is 0 Å². The predicted octanol–water partition coefficient (Wildman–Crippen LogP) is 1.48. The monoisotopic (exact) mass is 294 g/mol. The van der Waals surface area contributed by atoms with E-state index in [1.165, 1.54) is 0 Å². The van der Waals surface area contributed by atoms with E-state index in [9.17, 15) is 9.90 Å². The van der Waals surface area contributed by atoms with Crippen molar-refractivity contribution in [2.75, 3.05) is 20.1 Å². The molecular weight excluding hydrogens is 268 g/mol. The van der Waals surface area contributed by atoms with Crippen molar-refractivity contribution in [3.63, 3.8) is 0 Å². The van der Waals surface area contributed by atoms with E-state index in [2.05, 4.69) is 10.6 Å². The lowest BCUT2D eigenvalue weighted by molar-refractivity contribution is -0.124. The Morgan fingerprint density at radius 3 is 2.62 bits per heavy atom. The van der Waals surface area contributed by atoms with E-state index in [0.717, 1.165) is 11.3 Å². The van der Waals surface area contributed by atoms with Crippen molar-refractivity contribution < 1.29 is 14.6 Å². The first-order chi connectivity index (χ1) is 9.93. The van der Waals surface area contributed by atoms with Crippen molar-refractivity contribution in [3.05, 3.63) is 29.8 Å². The summed E-state index contributed by atoms with van der Waals surface area (Å²) >= 11 is 0. The number of aliphatic hydroxyl groups is 1. The van der Waals surface area contributed by atoms with Crippen LogP contribution in [0.5, 0.6) is 5.75 Å². The SMILES string of the molecule is CNCC(C)C(=O)NCC(O)c1cccc(OC(C)C)c1. The van der Waals surface area contributed by atoms with Gasteiger partial charge in [-0.05, 0) is 38.6 Å². The molecule has 21 heavy (non-hydrogen) atoms. The lowest BCUT2D eigenvalue weighted by atomic mass is 10.1. The van der Waals surface area contributed by atoms with E-state index in [4.69, 9.17) is 4.74 Å². The van der Waals surface area contributed by atoms with E-state index in [1.807, 2.05) is 39.0 Å². The number of amides is 1. The summed E-state index contributed by atoms with van der Waals surface area (Å²) < 4.78 is 5.59. The van der Waals surface area contributed by atoms with Gasteiger partial charge in [-0.1, -0.05) is 19.1 Å². The quantitative estimate of drug-likeness (QED) is 0.679. The summed E-state index contributed by atoms with van der Waals surface area (Å²) in [6, 6.07) is 7.31. The molecule has 5 heteroatoms. The minimum Gasteiger partial charge on any atom is -0.491 e. The Morgan fingerprint density at radius 2 is 2.00 bits per heavy atom. The average molecular weight is 294 g/mol. The molecule has 1 aromatic rings. The van der Waals surface area contributed by atoms with Gasteiger partial charge in [-0.3, -0.25) is 4.79 Å². The van der Waals surface area contributed by atoms with Gasteiger partial charge in [0.15, 0.2) is 0 Å². The van der Waals surface area contributed by atoms with Gasteiger partial charge in [-0.2, -0.15) is 0 Å². The molecule has 2 unspecified atom stereocenters. The fraction of sp³-hybridized carbons (Fsp3) is 0.562. The molecule has 2 atom stereocenters. The summed E-state index contributed by atoms with van der Waals surface area (Å²) in [6.45, 7) is 6.55. The second-order valence-corrected chi connectivity index (χ2v) is 5.46. The van der Waals surface area contributed by atoms with Gasteiger partial charge < -0.3 is 20.5 Å². The second-order valence-electron chi connectivity index (χ2n) is 5.46. The standard InChI is InChI=1S/C16H26N2O3/c1-11(2)21-14-7-5-6-13(8-14)15(19)10-18-16(20)12(3)9-17-4/h5-8,11-12,15,17,19H,9-10H2,1-4H3,(H,18,20). The van der Waals surface area contributed by atoms with Gasteiger partial charge in [-0.15, -0.1) is 0 Å². The van der Waals surface area contributed by atoms with Crippen LogP contribution in [-0.4, -0.2) is 37.3 Å². The van der Waals surface area contributed by atoms with Gasteiger partial charge in [0, 0.05) is 19.0 Å². The van der Waals surface area contributed by atoms with Crippen LogP contribution in [0.1, 0.15) is 32.4 Å². The first-order valence-corrected chi connectivity index (χ1v) is 7.31. The molecule has 118 valence electrons. The number of nitrogens with one attached hydrogen (secondary N) is 2. The van der Waals surface area contributed by atoms with E-state index in [1.54, 1.807) is 13.1 Å². The first-order valence-electron chi connectivity index (χ1n) is 7.31. The molecule has 0 aromatic heterocycles. The number of rotatable bonds is 8. The molecule has 0 aliphatic rings. The highest BCUT2D eigenvalue weighted by atomic mass is 16.5. The topological polar surface area (TPSA) is 70.6 Å². The fourth-order valence-electron chi connectivity index (χ4n) is 1.96. The van der Waals surface area contributed by atoms with Crippen LogP contribution in [0, 0.1) is 5.92 Å². The molecule has 1 rings (SSSR count). The van der Waals surface area contributed by atoms with Crippen LogP contribution in [0.4, 0.5) is 0 Å². The molecule has 1 aromatic carbocycles. The van der Waals surface area contributed by atoms with Crippen molar-refractivity contribution in [2.24, 2.45) is 5.92 Å². The molecule has 0 aliphatic carbocycles. The lowest BCUT2D eigenvalue weighted by Gasteiger charge is -2.16. The molecule has 3 N–H and O–H groups in total. The first kappa shape index (κ1) is 17.5. The number of carbonyl (C=O) groups is 1. The smallest absolute Gasteiger partial charge is 0.224 e. The molecule has 0 fully saturated rings. The van der Waals surface area contributed by atoms with Gasteiger partial charge in [0.05, 0.1) is 12.2 Å². The third-order valence-electron chi connectivity index (χ3n) is 3.04. The van der Waals surface area contributed by atoms with Crippen LogP contribution in [0.2, 0.25) is 0 Å². The number of carbonyl (C=O) groups excluding carboxylic acids is 1. The molecule has 1 amide bonds. The minimum atomic E-state index is -0.744. The number of ether oxygens (including phenoxy) is 1. The zero-order valence-electron chi connectivity index (χ0n) is 13.2. The maximum atomic E-state index is 11.8. The zero-order chi connectivity index (χ0) is 15.8. The Hall–Kier alpha value is -1.59. The molecule has 0 spiro atoms. The second kappa shape index (κ2) is 8.64. The molecule has 0 saturated heterocycles. The van der Waals surface area contributed by atoms with Gasteiger partial charge in [0.2, 0.25) is 5.91 Å². The van der Waals surface area contributed by atoms with E-state index in [0.29, 0.717) is 6.54 Å². The number of aliphatic hydroxyl groups excluding tert-OH is 1. The van der Waals surface area contributed by atoms with Crippen LogP contribution in [-0.2, 0) is 4.79 Å². The highest BCUT2D eigenvalue weighted by Gasteiger charge is 2.14. The molecule has 5 nitrogen and oxygen atoms in total. The molecular formula is C16H26N2O3. The molecule has 0 saturated carbocycles. The Balaban J connectivity index is 2.55. The highest BCUT2D eigenvalue weighted by Crippen LogP contribution is 2.20. The summed E-state index contributed by atoms with van der Waals surface area (Å²) in [6.07, 6.45) is -0.661. The van der Waals surface area contributed by atoms with Crippen molar-refractivity contribution in [2.45, 2.75) is 33.0 Å². The maximum absolute atomic E-state index is 11.8. The van der Waals surface area contributed by atoms with Crippen molar-refractivity contribution >= 4 is 5.91 Å². The summed E-state index contributed by atoms with van der Waals surface area (Å²) in [5.74, 6) is 0.521. The van der Waals surface area contributed by atoms with Crippen LogP contribution < -0.4 is 15.4 Å². The zero-order valence-corrected chi connectivity index (χ0v) is 13.2. The number of hydrogen-bond acceptors (Lipinski definition) is 4. The van der Waals surface area contributed by atoms with E-state index in [-0.39, 0.29) is 24.5 Å². The Kier molecular flexibility index (Phi) is 7.19. The van der Waals surface area contributed by atoms with Crippen LogP contribution in [0.3, 0.4) is 0 Å². The van der Waals surface area contributed by atoms with Crippen molar-refractivity contribution in [3.8, 4) is 5.75 Å². The average Bonchev–Trinajstić information content (AvgIpc) is 2.44.